The van der Waals surface area contributed by atoms with E-state index in [-0.39, 0.29) is 0 Å². The van der Waals surface area contributed by atoms with Crippen LogP contribution in [0.15, 0.2) is 24.4 Å². The quantitative estimate of drug-likeness (QED) is 0.912. The van der Waals surface area contributed by atoms with Crippen LogP contribution < -0.4 is 5.32 Å². The summed E-state index contributed by atoms with van der Waals surface area (Å²) in [5.41, 5.74) is 4.13. The lowest BCUT2D eigenvalue weighted by Crippen LogP contribution is -2.51. The van der Waals surface area contributed by atoms with Gasteiger partial charge in [0.1, 0.15) is 0 Å². The van der Waals surface area contributed by atoms with Gasteiger partial charge in [-0.25, -0.2) is 5.32 Å². The predicted molar refractivity (Wildman–Crippen MR) is 106 cm³/mol. The van der Waals surface area contributed by atoms with Gasteiger partial charge < -0.3 is 4.98 Å². The van der Waals surface area contributed by atoms with Crippen molar-refractivity contribution in [2.45, 2.75) is 57.2 Å². The normalized spacial score (nSPS) is 26.2. The molecule has 2 saturated heterocycles. The number of H-pyrrole nitrogens is 1. The number of hydrogen-bond donors (Lipinski definition) is 1. The van der Waals surface area contributed by atoms with Crippen molar-refractivity contribution in [3.05, 3.63) is 35.5 Å². The molecule has 3 aliphatic rings. The van der Waals surface area contributed by atoms with Gasteiger partial charge in [-0.05, 0) is 48.9 Å². The number of piperazine rings is 1. The molecule has 2 aromatic rings. The Hall–Kier alpha value is -1.36. The van der Waals surface area contributed by atoms with Crippen molar-refractivity contribution < 1.29 is 0 Å². The third-order valence-corrected chi connectivity index (χ3v) is 6.80. The van der Waals surface area contributed by atoms with E-state index in [1.54, 1.807) is 0 Å². The Morgan fingerprint density at radius 1 is 1.00 bits per heavy atom. The van der Waals surface area contributed by atoms with Gasteiger partial charge in [0.15, 0.2) is 0 Å². The predicted octanol–water partition coefficient (Wildman–Crippen LogP) is 3.67. The molecule has 139 valence electrons. The lowest BCUT2D eigenvalue weighted by molar-refractivity contribution is 0.0589. The number of rotatable bonds is 4. The second-order valence-corrected chi connectivity index (χ2v) is 8.43. The van der Waals surface area contributed by atoms with Crippen LogP contribution in [-0.2, 0) is 6.54 Å². The first-order valence-corrected chi connectivity index (χ1v) is 10.6. The molecule has 1 aromatic carbocycles. The Morgan fingerprint density at radius 2 is 1.88 bits per heavy atom. The highest BCUT2D eigenvalue weighted by atomic mass is 15.3. The molecule has 4 nitrogen and oxygen atoms in total. The van der Waals surface area contributed by atoms with Crippen molar-refractivity contribution >= 4 is 10.9 Å². The zero-order valence-corrected chi connectivity index (χ0v) is 15.8. The monoisotopic (exact) mass is 351 g/mol. The second-order valence-electron chi connectivity index (χ2n) is 8.43. The van der Waals surface area contributed by atoms with Crippen molar-refractivity contribution in [3.63, 3.8) is 0 Å². The molecule has 1 aliphatic carbocycles. The summed E-state index contributed by atoms with van der Waals surface area (Å²) < 4.78 is 0. The molecule has 4 heteroatoms. The van der Waals surface area contributed by atoms with Crippen LogP contribution in [0.5, 0.6) is 0 Å². The fourth-order valence-electron chi connectivity index (χ4n) is 4.87. The number of aromatic nitrogens is 1. The molecule has 1 N–H and O–H groups in total. The van der Waals surface area contributed by atoms with E-state index in [1.165, 1.54) is 86.7 Å². The van der Waals surface area contributed by atoms with Crippen molar-refractivity contribution in [2.75, 3.05) is 32.7 Å². The largest absolute Gasteiger partial charge is 0.361 e. The molecule has 1 atom stereocenters. The average molecular weight is 352 g/mol. The summed E-state index contributed by atoms with van der Waals surface area (Å²) in [6, 6.07) is 8.26. The van der Waals surface area contributed by atoms with Crippen LogP contribution in [0.1, 0.15) is 55.7 Å². The topological polar surface area (TPSA) is 36.4 Å². The van der Waals surface area contributed by atoms with Gasteiger partial charge in [0, 0.05) is 68.5 Å². The Labute approximate surface area is 156 Å². The van der Waals surface area contributed by atoms with Crippen LogP contribution in [0, 0.1) is 0 Å². The van der Waals surface area contributed by atoms with E-state index < -0.39 is 0 Å². The first-order chi connectivity index (χ1) is 12.9. The minimum absolute atomic E-state index is 0.418. The molecule has 2 aliphatic heterocycles. The maximum atomic E-state index is 4.85. The van der Waals surface area contributed by atoms with Gasteiger partial charge in [-0.2, -0.15) is 0 Å². The highest BCUT2D eigenvalue weighted by Gasteiger charge is 2.28. The molecule has 0 amide bonds. The van der Waals surface area contributed by atoms with E-state index in [4.69, 9.17) is 5.32 Å². The van der Waals surface area contributed by atoms with Crippen molar-refractivity contribution in [3.8, 4) is 0 Å². The Morgan fingerprint density at radius 3 is 2.62 bits per heavy atom. The molecule has 3 heterocycles. The minimum atomic E-state index is 0.418. The summed E-state index contributed by atoms with van der Waals surface area (Å²) >= 11 is 0. The van der Waals surface area contributed by atoms with E-state index in [0.717, 1.165) is 19.1 Å². The molecular weight excluding hydrogens is 320 g/mol. The molecule has 1 saturated carbocycles. The summed E-state index contributed by atoms with van der Waals surface area (Å²) in [6.45, 7) is 7.03. The van der Waals surface area contributed by atoms with Crippen molar-refractivity contribution in [2.24, 2.45) is 0 Å². The molecule has 1 unspecified atom stereocenters. The zero-order valence-electron chi connectivity index (χ0n) is 15.8. The van der Waals surface area contributed by atoms with Crippen molar-refractivity contribution in [1.82, 2.24) is 20.1 Å². The fraction of sp³-hybridized carbons (Fsp3) is 0.636. The summed E-state index contributed by atoms with van der Waals surface area (Å²) in [6.07, 6.45) is 10.3. The van der Waals surface area contributed by atoms with Crippen LogP contribution in [0.3, 0.4) is 0 Å². The SMILES string of the molecule is c1cc2[nH]cc(CN3CCN(C4CCC4)CC3)c2cc1C1CCCC[N]1. The standard InChI is InChI=1S/C22H31N4/c1-2-9-23-21(6-1)17-7-8-22-20(14-17)18(15-24-22)16-25-10-12-26(13-11-25)19-4-3-5-19/h7-8,14-15,19,21,24H,1-6,9-13,16H2. The van der Waals surface area contributed by atoms with Crippen LogP contribution in [0.4, 0.5) is 0 Å². The number of nitrogens with zero attached hydrogens (tertiary/aromatic N) is 3. The van der Waals surface area contributed by atoms with Gasteiger partial charge in [-0.1, -0.05) is 18.9 Å². The molecule has 1 aromatic heterocycles. The molecule has 26 heavy (non-hydrogen) atoms. The lowest BCUT2D eigenvalue weighted by Gasteiger charge is -2.43. The fourth-order valence-corrected chi connectivity index (χ4v) is 4.87. The highest BCUT2D eigenvalue weighted by Crippen LogP contribution is 2.30. The smallest absolute Gasteiger partial charge is 0.0495 e. The Balaban J connectivity index is 1.28. The summed E-state index contributed by atoms with van der Waals surface area (Å²) in [4.78, 5) is 8.84. The van der Waals surface area contributed by atoms with Crippen LogP contribution in [-0.4, -0.2) is 53.5 Å². The third-order valence-electron chi connectivity index (χ3n) is 6.80. The van der Waals surface area contributed by atoms with Crippen molar-refractivity contribution in [1.29, 1.82) is 0 Å². The highest BCUT2D eigenvalue weighted by molar-refractivity contribution is 5.84. The zero-order chi connectivity index (χ0) is 17.3. The van der Waals surface area contributed by atoms with Gasteiger partial charge >= 0.3 is 0 Å². The first kappa shape index (κ1) is 16.8. The van der Waals surface area contributed by atoms with E-state index in [9.17, 15) is 0 Å². The number of piperidine rings is 1. The maximum absolute atomic E-state index is 4.85. The maximum Gasteiger partial charge on any atom is 0.0495 e. The summed E-state index contributed by atoms with van der Waals surface area (Å²) in [5.74, 6) is 0. The summed E-state index contributed by atoms with van der Waals surface area (Å²) in [5, 5.41) is 6.26. The molecule has 0 spiro atoms. The third kappa shape index (κ3) is 3.30. The molecular formula is C22H31N4. The molecule has 5 rings (SSSR count). The minimum Gasteiger partial charge on any atom is -0.361 e. The van der Waals surface area contributed by atoms with E-state index in [1.807, 2.05) is 0 Å². The van der Waals surface area contributed by atoms with Crippen LogP contribution in [0.25, 0.3) is 10.9 Å². The molecule has 1 radical (unpaired) electrons. The Kier molecular flexibility index (Phi) is 4.74. The number of fused-ring (bicyclic) bond motifs is 1. The number of benzene rings is 1. The van der Waals surface area contributed by atoms with Gasteiger partial charge in [0.2, 0.25) is 0 Å². The second kappa shape index (κ2) is 7.34. The molecule has 3 fully saturated rings. The van der Waals surface area contributed by atoms with Crippen LogP contribution in [0.2, 0.25) is 0 Å². The number of aromatic amines is 1. The lowest BCUT2D eigenvalue weighted by atomic mass is 9.91. The van der Waals surface area contributed by atoms with E-state index >= 15 is 0 Å². The van der Waals surface area contributed by atoms with Crippen LogP contribution >= 0.6 is 0 Å². The Bertz CT molecular complexity index is 734. The van der Waals surface area contributed by atoms with Gasteiger partial charge in [0.05, 0.1) is 0 Å². The van der Waals surface area contributed by atoms with Gasteiger partial charge in [-0.3, -0.25) is 9.80 Å². The number of hydrogen-bond acceptors (Lipinski definition) is 2. The molecule has 0 bridgehead atoms. The first-order valence-electron chi connectivity index (χ1n) is 10.6. The van der Waals surface area contributed by atoms with Gasteiger partial charge in [0.25, 0.3) is 0 Å². The summed E-state index contributed by atoms with van der Waals surface area (Å²) in [7, 11) is 0. The van der Waals surface area contributed by atoms with E-state index in [0.29, 0.717) is 6.04 Å². The van der Waals surface area contributed by atoms with E-state index in [2.05, 4.69) is 39.2 Å². The average Bonchev–Trinajstić information content (AvgIpc) is 3.05. The van der Waals surface area contributed by atoms with Gasteiger partial charge in [-0.15, -0.1) is 0 Å². The number of nitrogens with one attached hydrogen (secondary N) is 1.